The van der Waals surface area contributed by atoms with E-state index in [9.17, 15) is 16.8 Å². The lowest BCUT2D eigenvalue weighted by Crippen LogP contribution is -2.39. The molecule has 0 amide bonds. The van der Waals surface area contributed by atoms with Gasteiger partial charge in [-0.25, -0.2) is 16.8 Å². The molecule has 1 fully saturated rings. The van der Waals surface area contributed by atoms with Crippen molar-refractivity contribution in [2.24, 2.45) is 5.92 Å². The van der Waals surface area contributed by atoms with E-state index in [1.54, 1.807) is 0 Å². The molecule has 0 saturated carbocycles. The van der Waals surface area contributed by atoms with E-state index >= 15 is 0 Å². The van der Waals surface area contributed by atoms with Crippen LogP contribution in [0.5, 0.6) is 0 Å². The second-order valence-electron chi connectivity index (χ2n) is 7.80. The van der Waals surface area contributed by atoms with Gasteiger partial charge in [-0.1, -0.05) is 25.0 Å². The summed E-state index contributed by atoms with van der Waals surface area (Å²) in [7, 11) is -7.01. The van der Waals surface area contributed by atoms with E-state index in [0.29, 0.717) is 19.0 Å². The van der Waals surface area contributed by atoms with E-state index in [0.717, 1.165) is 50.5 Å². The molecule has 150 valence electrons. The number of benzene rings is 1. The summed E-state index contributed by atoms with van der Waals surface area (Å²) in [6, 6.07) is 5.74. The molecule has 0 bridgehead atoms. The van der Waals surface area contributed by atoms with Crippen LogP contribution in [0, 0.1) is 5.92 Å². The summed E-state index contributed by atoms with van der Waals surface area (Å²) in [5, 5.41) is 0. The number of rotatable bonds is 5. The van der Waals surface area contributed by atoms with E-state index in [4.69, 9.17) is 0 Å². The molecule has 1 saturated heterocycles. The average Bonchev–Trinajstić information content (AvgIpc) is 2.90. The molecule has 0 aromatic heterocycles. The quantitative estimate of drug-likeness (QED) is 0.692. The lowest BCUT2D eigenvalue weighted by Gasteiger charge is -2.30. The van der Waals surface area contributed by atoms with Crippen LogP contribution in [0.1, 0.15) is 51.9 Å². The summed E-state index contributed by atoms with van der Waals surface area (Å²) in [5.74, 6) is 0.379. The summed E-state index contributed by atoms with van der Waals surface area (Å²) in [4.78, 5) is 0.364. The smallest absolute Gasteiger partial charge is 0.223 e. The molecule has 1 heterocycles. The highest BCUT2D eigenvalue weighted by Gasteiger charge is 2.29. The molecule has 1 aromatic carbocycles. The third-order valence-corrected chi connectivity index (χ3v) is 9.07. The molecule has 7 heteroatoms. The first-order valence-corrected chi connectivity index (χ1v) is 12.9. The predicted molar refractivity (Wildman–Crippen MR) is 107 cm³/mol. The van der Waals surface area contributed by atoms with Crippen molar-refractivity contribution < 1.29 is 16.8 Å². The van der Waals surface area contributed by atoms with Crippen LogP contribution in [-0.2, 0) is 19.9 Å². The van der Waals surface area contributed by atoms with Gasteiger partial charge >= 0.3 is 0 Å². The van der Waals surface area contributed by atoms with Gasteiger partial charge in [-0.05, 0) is 68.7 Å². The summed E-state index contributed by atoms with van der Waals surface area (Å²) < 4.78 is 52.6. The first-order chi connectivity index (χ1) is 12.8. The second kappa shape index (κ2) is 8.45. The van der Waals surface area contributed by atoms with E-state index < -0.39 is 19.9 Å². The Morgan fingerprint density at radius 2 is 1.67 bits per heavy atom. The van der Waals surface area contributed by atoms with Crippen molar-refractivity contribution in [3.63, 3.8) is 0 Å². The minimum atomic E-state index is -3.56. The zero-order chi connectivity index (χ0) is 19.5. The third-order valence-electron chi connectivity index (χ3n) is 5.45. The first-order valence-electron chi connectivity index (χ1n) is 9.80. The van der Waals surface area contributed by atoms with Crippen molar-refractivity contribution in [3.8, 4) is 0 Å². The van der Waals surface area contributed by atoms with Crippen molar-refractivity contribution >= 4 is 19.9 Å². The first kappa shape index (κ1) is 20.6. The summed E-state index contributed by atoms with van der Waals surface area (Å²) in [5.41, 5.74) is 0.978. The fourth-order valence-corrected chi connectivity index (χ4v) is 6.94. The van der Waals surface area contributed by atoms with Crippen molar-refractivity contribution in [1.82, 2.24) is 4.31 Å². The largest absolute Gasteiger partial charge is 0.243 e. The molecule has 0 N–H and O–H groups in total. The highest BCUT2D eigenvalue weighted by atomic mass is 32.2. The van der Waals surface area contributed by atoms with Gasteiger partial charge < -0.3 is 0 Å². The van der Waals surface area contributed by atoms with Crippen molar-refractivity contribution in [3.05, 3.63) is 35.9 Å². The van der Waals surface area contributed by atoms with Crippen LogP contribution in [0.3, 0.4) is 0 Å². The molecular formula is C20H29NO4S2. The predicted octanol–water partition coefficient (Wildman–Crippen LogP) is 3.77. The molecule has 2 aliphatic rings. The van der Waals surface area contributed by atoms with Crippen molar-refractivity contribution in [1.29, 1.82) is 0 Å². The number of allylic oxidation sites excluding steroid dienone is 1. The Hall–Kier alpha value is -1.18. The SMILES string of the molecule is CC1CCCN(S(=O)(=O)c2ccc(S(=O)(=O)CC3=CCCCCC3)cc2)C1. The van der Waals surface area contributed by atoms with Crippen LogP contribution in [0.15, 0.2) is 45.7 Å². The van der Waals surface area contributed by atoms with E-state index in [1.165, 1.54) is 28.6 Å². The van der Waals surface area contributed by atoms with Crippen LogP contribution < -0.4 is 0 Å². The normalized spacial score (nSPS) is 22.9. The van der Waals surface area contributed by atoms with Gasteiger partial charge in [0.15, 0.2) is 9.84 Å². The molecule has 0 radical (unpaired) electrons. The number of piperidine rings is 1. The Morgan fingerprint density at radius 3 is 2.37 bits per heavy atom. The Morgan fingerprint density at radius 1 is 0.963 bits per heavy atom. The summed E-state index contributed by atoms with van der Waals surface area (Å²) >= 11 is 0. The topological polar surface area (TPSA) is 71.5 Å². The molecule has 1 aliphatic carbocycles. The molecule has 1 unspecified atom stereocenters. The number of sulfonamides is 1. The fourth-order valence-electron chi connectivity index (χ4n) is 3.87. The summed E-state index contributed by atoms with van der Waals surface area (Å²) in [6.07, 6.45) is 9.02. The van der Waals surface area contributed by atoms with Gasteiger partial charge in [0.25, 0.3) is 0 Å². The average molecular weight is 412 g/mol. The van der Waals surface area contributed by atoms with Crippen LogP contribution in [0.2, 0.25) is 0 Å². The van der Waals surface area contributed by atoms with Gasteiger partial charge in [0.1, 0.15) is 0 Å². The molecule has 1 aromatic rings. The van der Waals surface area contributed by atoms with Crippen LogP contribution in [-0.4, -0.2) is 40.0 Å². The molecule has 27 heavy (non-hydrogen) atoms. The maximum Gasteiger partial charge on any atom is 0.243 e. The Labute approximate surface area is 163 Å². The van der Waals surface area contributed by atoms with Gasteiger partial charge in [0.05, 0.1) is 15.5 Å². The Balaban J connectivity index is 1.77. The molecule has 0 spiro atoms. The Kier molecular flexibility index (Phi) is 6.43. The van der Waals surface area contributed by atoms with Gasteiger partial charge in [0.2, 0.25) is 10.0 Å². The standard InChI is InChI=1S/C20H29NO4S2/c1-17-7-6-14-21(15-17)27(24,25)20-12-10-19(11-13-20)26(22,23)16-18-8-4-2-3-5-9-18/h8,10-13,17H,2-7,9,14-16H2,1H3. The molecule has 3 rings (SSSR count). The summed E-state index contributed by atoms with van der Waals surface area (Å²) in [6.45, 7) is 3.11. The van der Waals surface area contributed by atoms with Crippen LogP contribution in [0.4, 0.5) is 0 Å². The van der Waals surface area contributed by atoms with Gasteiger partial charge in [-0.2, -0.15) is 4.31 Å². The molecule has 1 atom stereocenters. The fraction of sp³-hybridized carbons (Fsp3) is 0.600. The molecule has 1 aliphatic heterocycles. The van der Waals surface area contributed by atoms with E-state index in [1.807, 2.05) is 0 Å². The second-order valence-corrected chi connectivity index (χ2v) is 11.7. The highest BCUT2D eigenvalue weighted by molar-refractivity contribution is 7.91. The lowest BCUT2D eigenvalue weighted by molar-refractivity contribution is 0.281. The number of hydrogen-bond donors (Lipinski definition) is 0. The zero-order valence-electron chi connectivity index (χ0n) is 15.9. The third kappa shape index (κ3) is 5.00. The molecular weight excluding hydrogens is 382 g/mol. The molecule has 5 nitrogen and oxygen atoms in total. The number of hydrogen-bond acceptors (Lipinski definition) is 4. The minimum absolute atomic E-state index is 0.0305. The highest BCUT2D eigenvalue weighted by Crippen LogP contribution is 2.26. The lowest BCUT2D eigenvalue weighted by atomic mass is 10.0. The van der Waals surface area contributed by atoms with Crippen molar-refractivity contribution in [2.45, 2.75) is 61.7 Å². The van der Waals surface area contributed by atoms with Gasteiger partial charge in [0, 0.05) is 13.1 Å². The number of sulfone groups is 1. The van der Waals surface area contributed by atoms with Gasteiger partial charge in [-0.15, -0.1) is 0 Å². The van der Waals surface area contributed by atoms with E-state index in [2.05, 4.69) is 13.0 Å². The van der Waals surface area contributed by atoms with Crippen molar-refractivity contribution in [2.75, 3.05) is 18.8 Å². The zero-order valence-corrected chi connectivity index (χ0v) is 17.6. The maximum absolute atomic E-state index is 12.8. The van der Waals surface area contributed by atoms with Crippen LogP contribution in [0.25, 0.3) is 0 Å². The van der Waals surface area contributed by atoms with E-state index in [-0.39, 0.29) is 15.5 Å². The minimum Gasteiger partial charge on any atom is -0.223 e. The Bertz CT molecular complexity index is 886. The van der Waals surface area contributed by atoms with Crippen LogP contribution >= 0.6 is 0 Å². The number of nitrogens with zero attached hydrogens (tertiary/aromatic N) is 1. The van der Waals surface area contributed by atoms with Gasteiger partial charge in [-0.3, -0.25) is 0 Å². The monoisotopic (exact) mass is 411 g/mol. The maximum atomic E-state index is 12.8.